The van der Waals surface area contributed by atoms with E-state index in [0.717, 1.165) is 29.4 Å². The molecule has 1 aromatic heterocycles. The van der Waals surface area contributed by atoms with E-state index in [9.17, 15) is 5.11 Å². The summed E-state index contributed by atoms with van der Waals surface area (Å²) in [5.41, 5.74) is 2.07. The lowest BCUT2D eigenvalue weighted by Gasteiger charge is -2.25. The lowest BCUT2D eigenvalue weighted by molar-refractivity contribution is 0.278. The molecule has 0 amide bonds. The van der Waals surface area contributed by atoms with Gasteiger partial charge in [0, 0.05) is 13.1 Å². The van der Waals surface area contributed by atoms with Crippen molar-refractivity contribution in [2.24, 2.45) is 5.92 Å². The number of benzene rings is 1. The lowest BCUT2D eigenvalue weighted by Crippen LogP contribution is -2.22. The minimum Gasteiger partial charge on any atom is -0.395 e. The van der Waals surface area contributed by atoms with Gasteiger partial charge in [-0.25, -0.2) is 4.98 Å². The first-order valence-electron chi connectivity index (χ1n) is 6.68. The Balaban J connectivity index is 1.85. The fraction of sp³-hybridized carbons (Fsp3) is 0.500. The Morgan fingerprint density at radius 3 is 2.89 bits per heavy atom. The Morgan fingerprint density at radius 1 is 1.33 bits per heavy atom. The van der Waals surface area contributed by atoms with Gasteiger partial charge in [0.1, 0.15) is 0 Å². The number of aliphatic hydroxyl groups excluding tert-OH is 1. The number of aromatic nitrogens is 2. The highest BCUT2D eigenvalue weighted by atomic mass is 16.3. The Hall–Kier alpha value is -1.55. The van der Waals surface area contributed by atoms with Crippen LogP contribution in [0.5, 0.6) is 0 Å². The summed E-state index contributed by atoms with van der Waals surface area (Å²) in [5, 5.41) is 12.6. The van der Waals surface area contributed by atoms with Crippen molar-refractivity contribution in [3.05, 3.63) is 24.3 Å². The minimum absolute atomic E-state index is 0.137. The Morgan fingerprint density at radius 2 is 2.17 bits per heavy atom. The first-order chi connectivity index (χ1) is 8.88. The van der Waals surface area contributed by atoms with E-state index in [1.807, 2.05) is 24.3 Å². The van der Waals surface area contributed by atoms with Gasteiger partial charge < -0.3 is 15.0 Å². The van der Waals surface area contributed by atoms with Crippen molar-refractivity contribution < 1.29 is 5.11 Å². The summed E-state index contributed by atoms with van der Waals surface area (Å²) in [4.78, 5) is 4.60. The number of fused-ring (bicyclic) bond motifs is 1. The van der Waals surface area contributed by atoms with Crippen LogP contribution in [0.4, 0.5) is 5.95 Å². The normalized spacial score (nSPS) is 15.8. The van der Waals surface area contributed by atoms with Crippen molar-refractivity contribution in [1.82, 2.24) is 9.55 Å². The molecule has 4 nitrogen and oxygen atoms in total. The zero-order valence-corrected chi connectivity index (χ0v) is 10.5. The molecule has 3 rings (SSSR count). The Bertz CT molecular complexity index is 531. The maximum atomic E-state index is 9.18. The van der Waals surface area contributed by atoms with Gasteiger partial charge in [0.25, 0.3) is 0 Å². The number of nitrogens with one attached hydrogen (secondary N) is 1. The Labute approximate surface area is 107 Å². The van der Waals surface area contributed by atoms with Gasteiger partial charge in [-0.15, -0.1) is 0 Å². The second-order valence-corrected chi connectivity index (χ2v) is 4.98. The van der Waals surface area contributed by atoms with Gasteiger partial charge in [-0.05, 0) is 30.9 Å². The third-order valence-corrected chi connectivity index (χ3v) is 3.75. The highest BCUT2D eigenvalue weighted by Gasteiger charge is 2.18. The molecule has 4 heteroatoms. The molecule has 0 radical (unpaired) electrons. The lowest BCUT2D eigenvalue weighted by atomic mass is 9.85. The summed E-state index contributed by atoms with van der Waals surface area (Å²) in [6, 6.07) is 8.06. The minimum atomic E-state index is 0.137. The summed E-state index contributed by atoms with van der Waals surface area (Å²) in [5.74, 6) is 1.68. The first kappa shape index (κ1) is 11.5. The molecule has 2 N–H and O–H groups in total. The molecule has 1 aliphatic carbocycles. The van der Waals surface area contributed by atoms with Gasteiger partial charge in [0.05, 0.1) is 17.6 Å². The van der Waals surface area contributed by atoms with Crippen molar-refractivity contribution in [3.63, 3.8) is 0 Å². The van der Waals surface area contributed by atoms with Crippen molar-refractivity contribution in [2.75, 3.05) is 18.5 Å². The fourth-order valence-electron chi connectivity index (χ4n) is 2.47. The number of anilines is 1. The molecule has 2 aromatic rings. The van der Waals surface area contributed by atoms with E-state index in [1.165, 1.54) is 19.3 Å². The number of para-hydroxylation sites is 2. The number of imidazole rings is 1. The van der Waals surface area contributed by atoms with Crippen molar-refractivity contribution in [2.45, 2.75) is 25.8 Å². The summed E-state index contributed by atoms with van der Waals surface area (Å²) >= 11 is 0. The number of hydrogen-bond acceptors (Lipinski definition) is 3. The molecule has 1 fully saturated rings. The van der Waals surface area contributed by atoms with Crippen LogP contribution >= 0.6 is 0 Å². The van der Waals surface area contributed by atoms with Crippen LogP contribution in [0.15, 0.2) is 24.3 Å². The van der Waals surface area contributed by atoms with E-state index in [-0.39, 0.29) is 6.61 Å². The van der Waals surface area contributed by atoms with Crippen molar-refractivity contribution in [1.29, 1.82) is 0 Å². The van der Waals surface area contributed by atoms with Crippen LogP contribution in [0, 0.1) is 5.92 Å². The molecule has 1 aromatic carbocycles. The van der Waals surface area contributed by atoms with Gasteiger partial charge >= 0.3 is 0 Å². The zero-order chi connectivity index (χ0) is 12.4. The number of nitrogens with zero attached hydrogens (tertiary/aromatic N) is 2. The Kier molecular flexibility index (Phi) is 3.19. The van der Waals surface area contributed by atoms with Gasteiger partial charge in [0.2, 0.25) is 5.95 Å². The average Bonchev–Trinajstić information content (AvgIpc) is 2.67. The van der Waals surface area contributed by atoms with Crippen LogP contribution in [0.2, 0.25) is 0 Å². The summed E-state index contributed by atoms with van der Waals surface area (Å²) in [7, 11) is 0. The topological polar surface area (TPSA) is 50.1 Å². The van der Waals surface area contributed by atoms with E-state index in [2.05, 4.69) is 14.9 Å². The zero-order valence-electron chi connectivity index (χ0n) is 10.5. The second-order valence-electron chi connectivity index (χ2n) is 4.98. The van der Waals surface area contributed by atoms with E-state index < -0.39 is 0 Å². The van der Waals surface area contributed by atoms with Gasteiger partial charge in [-0.1, -0.05) is 18.6 Å². The molecule has 0 spiro atoms. The SMILES string of the molecule is OCCn1c(NCC2CCC2)nc2ccccc21. The molecule has 1 saturated carbocycles. The van der Waals surface area contributed by atoms with E-state index in [4.69, 9.17) is 0 Å². The van der Waals surface area contributed by atoms with E-state index in [1.54, 1.807) is 0 Å². The molecular formula is C14H19N3O. The van der Waals surface area contributed by atoms with Gasteiger partial charge in [0.15, 0.2) is 0 Å². The number of rotatable bonds is 5. The third kappa shape index (κ3) is 2.08. The monoisotopic (exact) mass is 245 g/mol. The van der Waals surface area contributed by atoms with Crippen LogP contribution in [0.1, 0.15) is 19.3 Å². The van der Waals surface area contributed by atoms with Gasteiger partial charge in [-0.3, -0.25) is 0 Å². The molecule has 0 atom stereocenters. The first-order valence-corrected chi connectivity index (χ1v) is 6.68. The summed E-state index contributed by atoms with van der Waals surface area (Å²) < 4.78 is 2.06. The predicted molar refractivity (Wildman–Crippen MR) is 72.6 cm³/mol. The van der Waals surface area contributed by atoms with E-state index >= 15 is 0 Å². The van der Waals surface area contributed by atoms with Crippen LogP contribution < -0.4 is 5.32 Å². The molecular weight excluding hydrogens is 226 g/mol. The molecule has 18 heavy (non-hydrogen) atoms. The summed E-state index contributed by atoms with van der Waals surface area (Å²) in [6.07, 6.45) is 4.01. The number of hydrogen-bond donors (Lipinski definition) is 2. The standard InChI is InChI=1S/C14H19N3O/c18-9-8-17-13-7-2-1-6-12(13)16-14(17)15-10-11-4-3-5-11/h1-2,6-7,11,18H,3-5,8-10H2,(H,15,16). The van der Waals surface area contributed by atoms with Gasteiger partial charge in [-0.2, -0.15) is 0 Å². The molecule has 96 valence electrons. The number of aliphatic hydroxyl groups is 1. The highest BCUT2D eigenvalue weighted by Crippen LogP contribution is 2.27. The van der Waals surface area contributed by atoms with Crippen LogP contribution in [-0.2, 0) is 6.54 Å². The second kappa shape index (κ2) is 4.98. The predicted octanol–water partition coefficient (Wildman–Crippen LogP) is 2.24. The summed E-state index contributed by atoms with van der Waals surface area (Å²) in [6.45, 7) is 1.72. The maximum absolute atomic E-state index is 9.18. The van der Waals surface area contributed by atoms with Crippen LogP contribution in [0.25, 0.3) is 11.0 Å². The quantitative estimate of drug-likeness (QED) is 0.849. The molecule has 0 aliphatic heterocycles. The van der Waals surface area contributed by atoms with Crippen molar-refractivity contribution in [3.8, 4) is 0 Å². The molecule has 1 aliphatic rings. The fourth-order valence-corrected chi connectivity index (χ4v) is 2.47. The molecule has 1 heterocycles. The third-order valence-electron chi connectivity index (χ3n) is 3.75. The average molecular weight is 245 g/mol. The van der Waals surface area contributed by atoms with E-state index in [0.29, 0.717) is 6.54 Å². The highest BCUT2D eigenvalue weighted by molar-refractivity contribution is 5.78. The van der Waals surface area contributed by atoms with Crippen LogP contribution in [-0.4, -0.2) is 27.8 Å². The smallest absolute Gasteiger partial charge is 0.203 e. The maximum Gasteiger partial charge on any atom is 0.203 e. The molecule has 0 bridgehead atoms. The van der Waals surface area contributed by atoms with Crippen molar-refractivity contribution >= 4 is 17.0 Å². The van der Waals surface area contributed by atoms with Crippen LogP contribution in [0.3, 0.4) is 0 Å². The molecule has 0 unspecified atom stereocenters. The largest absolute Gasteiger partial charge is 0.395 e. The molecule has 0 saturated heterocycles.